The molecule has 0 aliphatic rings. The minimum atomic E-state index is -0.175. The summed E-state index contributed by atoms with van der Waals surface area (Å²) in [6.45, 7) is 3.56. The number of hydrogen-bond donors (Lipinski definition) is 2. The van der Waals surface area contributed by atoms with Crippen molar-refractivity contribution in [2.24, 2.45) is 0 Å². The molecule has 2 aromatic carbocycles. The molecule has 4 nitrogen and oxygen atoms in total. The molecule has 6 heteroatoms. The van der Waals surface area contributed by atoms with Crippen molar-refractivity contribution in [2.45, 2.75) is 18.5 Å². The van der Waals surface area contributed by atoms with E-state index in [0.29, 0.717) is 5.56 Å². The van der Waals surface area contributed by atoms with Crippen LogP contribution >= 0.6 is 11.8 Å². The average molecular weight is 342 g/mol. The molecule has 2 N–H and O–H groups in total. The SMILES string of the molecule is Cc1ccc(-c2ccc(CNCCSc3cn[nH]n3)cc2)c(F)c1. The van der Waals surface area contributed by atoms with Crippen molar-refractivity contribution >= 4 is 11.8 Å². The first kappa shape index (κ1) is 16.7. The summed E-state index contributed by atoms with van der Waals surface area (Å²) < 4.78 is 14.0. The number of nitrogens with one attached hydrogen (secondary N) is 2. The first-order valence-corrected chi connectivity index (χ1v) is 8.76. The van der Waals surface area contributed by atoms with Crippen LogP contribution in [0.5, 0.6) is 0 Å². The summed E-state index contributed by atoms with van der Waals surface area (Å²) in [7, 11) is 0. The van der Waals surface area contributed by atoms with Gasteiger partial charge in [-0.15, -0.1) is 16.9 Å². The molecule has 0 spiro atoms. The molecule has 1 heterocycles. The highest BCUT2D eigenvalue weighted by Crippen LogP contribution is 2.24. The number of thioether (sulfide) groups is 1. The Morgan fingerprint density at radius 1 is 1.17 bits per heavy atom. The Balaban J connectivity index is 1.49. The topological polar surface area (TPSA) is 53.6 Å². The van der Waals surface area contributed by atoms with Crippen LogP contribution in [-0.2, 0) is 6.54 Å². The van der Waals surface area contributed by atoms with Gasteiger partial charge in [-0.05, 0) is 29.7 Å². The highest BCUT2D eigenvalue weighted by atomic mass is 32.2. The van der Waals surface area contributed by atoms with Crippen molar-refractivity contribution in [3.8, 4) is 11.1 Å². The molecule has 0 aliphatic carbocycles. The predicted octanol–water partition coefficient (Wildman–Crippen LogP) is 3.80. The van der Waals surface area contributed by atoms with Crippen LogP contribution in [0, 0.1) is 12.7 Å². The largest absolute Gasteiger partial charge is 0.312 e. The van der Waals surface area contributed by atoms with Crippen LogP contribution in [0.1, 0.15) is 11.1 Å². The van der Waals surface area contributed by atoms with Crippen LogP contribution in [-0.4, -0.2) is 27.7 Å². The van der Waals surface area contributed by atoms with E-state index in [1.54, 1.807) is 24.0 Å². The molecule has 0 unspecified atom stereocenters. The lowest BCUT2D eigenvalue weighted by molar-refractivity contribution is 0.630. The van der Waals surface area contributed by atoms with Crippen LogP contribution in [0.15, 0.2) is 53.7 Å². The van der Waals surface area contributed by atoms with Crippen molar-refractivity contribution in [1.29, 1.82) is 0 Å². The maximum absolute atomic E-state index is 14.0. The zero-order chi connectivity index (χ0) is 16.8. The fourth-order valence-corrected chi connectivity index (χ4v) is 3.07. The highest BCUT2D eigenvalue weighted by molar-refractivity contribution is 7.99. The molecule has 0 saturated carbocycles. The highest BCUT2D eigenvalue weighted by Gasteiger charge is 2.05. The second-order valence-corrected chi connectivity index (χ2v) is 6.63. The predicted molar refractivity (Wildman–Crippen MR) is 95.4 cm³/mol. The molecule has 0 amide bonds. The van der Waals surface area contributed by atoms with E-state index in [-0.39, 0.29) is 5.82 Å². The summed E-state index contributed by atoms with van der Waals surface area (Å²) in [5.74, 6) is 0.755. The molecule has 3 aromatic rings. The van der Waals surface area contributed by atoms with Crippen molar-refractivity contribution in [1.82, 2.24) is 20.7 Å². The third-order valence-electron chi connectivity index (χ3n) is 3.64. The molecular weight excluding hydrogens is 323 g/mol. The average Bonchev–Trinajstić information content (AvgIpc) is 3.09. The lowest BCUT2D eigenvalue weighted by Gasteiger charge is -2.07. The summed E-state index contributed by atoms with van der Waals surface area (Å²) >= 11 is 1.66. The molecule has 24 heavy (non-hydrogen) atoms. The van der Waals surface area contributed by atoms with E-state index >= 15 is 0 Å². The number of rotatable bonds is 7. The number of aromatic nitrogens is 3. The number of nitrogens with zero attached hydrogens (tertiary/aromatic N) is 2. The maximum atomic E-state index is 14.0. The van der Waals surface area contributed by atoms with Gasteiger partial charge in [-0.25, -0.2) is 4.39 Å². The zero-order valence-corrected chi connectivity index (χ0v) is 14.2. The smallest absolute Gasteiger partial charge is 0.138 e. The van der Waals surface area contributed by atoms with Crippen molar-refractivity contribution in [3.63, 3.8) is 0 Å². The third-order valence-corrected chi connectivity index (χ3v) is 4.54. The second kappa shape index (κ2) is 8.08. The standard InChI is InChI=1S/C18H19FN4S/c1-13-2-7-16(17(19)10-13)15-5-3-14(4-6-15)11-20-8-9-24-18-12-21-23-22-18/h2-7,10,12,20H,8-9,11H2,1H3,(H,21,22,23). The Bertz CT molecular complexity index is 772. The first-order chi connectivity index (χ1) is 11.7. The molecule has 0 aliphatic heterocycles. The zero-order valence-electron chi connectivity index (χ0n) is 13.4. The molecule has 3 rings (SSSR count). The monoisotopic (exact) mass is 342 g/mol. The fourth-order valence-electron chi connectivity index (χ4n) is 2.38. The normalized spacial score (nSPS) is 10.9. The number of benzene rings is 2. The molecule has 0 radical (unpaired) electrons. The van der Waals surface area contributed by atoms with Gasteiger partial charge in [-0.2, -0.15) is 10.3 Å². The Morgan fingerprint density at radius 3 is 2.71 bits per heavy atom. The van der Waals surface area contributed by atoms with Crippen LogP contribution < -0.4 is 5.32 Å². The summed E-state index contributed by atoms with van der Waals surface area (Å²) in [6, 6.07) is 13.3. The van der Waals surface area contributed by atoms with Crippen LogP contribution in [0.25, 0.3) is 11.1 Å². The van der Waals surface area contributed by atoms with Gasteiger partial charge in [-0.1, -0.05) is 36.4 Å². The maximum Gasteiger partial charge on any atom is 0.138 e. The first-order valence-electron chi connectivity index (χ1n) is 7.77. The van der Waals surface area contributed by atoms with E-state index in [2.05, 4.69) is 20.7 Å². The number of aryl methyl sites for hydroxylation is 1. The van der Waals surface area contributed by atoms with Gasteiger partial charge in [0.05, 0.1) is 6.20 Å². The van der Waals surface area contributed by atoms with E-state index in [4.69, 9.17) is 0 Å². The Kier molecular flexibility index (Phi) is 5.61. The minimum absolute atomic E-state index is 0.175. The minimum Gasteiger partial charge on any atom is -0.312 e. The van der Waals surface area contributed by atoms with Gasteiger partial charge in [0.25, 0.3) is 0 Å². The lowest BCUT2D eigenvalue weighted by Crippen LogP contribution is -2.16. The van der Waals surface area contributed by atoms with Crippen molar-refractivity contribution < 1.29 is 4.39 Å². The van der Waals surface area contributed by atoms with Crippen LogP contribution in [0.3, 0.4) is 0 Å². The van der Waals surface area contributed by atoms with Gasteiger partial charge in [0.2, 0.25) is 0 Å². The fraction of sp³-hybridized carbons (Fsp3) is 0.222. The molecule has 0 atom stereocenters. The summed E-state index contributed by atoms with van der Waals surface area (Å²) in [6.07, 6.45) is 1.72. The lowest BCUT2D eigenvalue weighted by atomic mass is 10.0. The van der Waals surface area contributed by atoms with Gasteiger partial charge in [0, 0.05) is 24.4 Å². The van der Waals surface area contributed by atoms with E-state index in [1.807, 2.05) is 43.3 Å². The number of halogens is 1. The number of aromatic amines is 1. The number of hydrogen-bond acceptors (Lipinski definition) is 4. The van der Waals surface area contributed by atoms with E-state index in [9.17, 15) is 4.39 Å². The summed E-state index contributed by atoms with van der Waals surface area (Å²) in [4.78, 5) is 0. The Morgan fingerprint density at radius 2 is 2.00 bits per heavy atom. The van der Waals surface area contributed by atoms with Gasteiger partial charge in [0.1, 0.15) is 10.8 Å². The summed E-state index contributed by atoms with van der Waals surface area (Å²) in [5.41, 5.74) is 3.65. The quantitative estimate of drug-likeness (QED) is 0.506. The summed E-state index contributed by atoms with van der Waals surface area (Å²) in [5, 5.41) is 14.6. The molecule has 0 bridgehead atoms. The molecule has 124 valence electrons. The Hall–Kier alpha value is -2.18. The number of H-pyrrole nitrogens is 1. The van der Waals surface area contributed by atoms with Gasteiger partial charge >= 0.3 is 0 Å². The van der Waals surface area contributed by atoms with Crippen LogP contribution in [0.4, 0.5) is 4.39 Å². The second-order valence-electron chi connectivity index (χ2n) is 5.51. The van der Waals surface area contributed by atoms with Gasteiger partial charge < -0.3 is 5.32 Å². The van der Waals surface area contributed by atoms with Crippen LogP contribution in [0.2, 0.25) is 0 Å². The molecule has 0 fully saturated rings. The van der Waals surface area contributed by atoms with E-state index < -0.39 is 0 Å². The van der Waals surface area contributed by atoms with Gasteiger partial charge in [0.15, 0.2) is 0 Å². The Labute approximate surface area is 144 Å². The molecule has 0 saturated heterocycles. The van der Waals surface area contributed by atoms with E-state index in [0.717, 1.165) is 35.0 Å². The van der Waals surface area contributed by atoms with Gasteiger partial charge in [-0.3, -0.25) is 0 Å². The molecule has 1 aromatic heterocycles. The van der Waals surface area contributed by atoms with Crippen molar-refractivity contribution in [2.75, 3.05) is 12.3 Å². The van der Waals surface area contributed by atoms with E-state index in [1.165, 1.54) is 5.56 Å². The third kappa shape index (κ3) is 4.43. The molecular formula is C18H19FN4S. The van der Waals surface area contributed by atoms with Crippen molar-refractivity contribution in [3.05, 3.63) is 65.6 Å².